The molecule has 2 saturated heterocycles. The maximum absolute atomic E-state index is 5.69. The van der Waals surface area contributed by atoms with Crippen LogP contribution in [0.25, 0.3) is 0 Å². The Morgan fingerprint density at radius 3 is 2.79 bits per heavy atom. The third-order valence-corrected chi connectivity index (χ3v) is 4.74. The summed E-state index contributed by atoms with van der Waals surface area (Å²) in [4.78, 5) is 6.92. The van der Waals surface area contributed by atoms with Gasteiger partial charge in [-0.3, -0.25) is 4.99 Å². The fourth-order valence-corrected chi connectivity index (χ4v) is 3.19. The molecule has 2 fully saturated rings. The van der Waals surface area contributed by atoms with E-state index in [9.17, 15) is 0 Å². The van der Waals surface area contributed by atoms with Gasteiger partial charge >= 0.3 is 0 Å². The molecule has 2 rings (SSSR count). The number of hydrogen-bond acceptors (Lipinski definition) is 4. The van der Waals surface area contributed by atoms with E-state index in [2.05, 4.69) is 29.2 Å². The average molecular weight is 341 g/mol. The summed E-state index contributed by atoms with van der Waals surface area (Å²) in [5, 5.41) is 3.37. The van der Waals surface area contributed by atoms with Crippen molar-refractivity contribution in [3.8, 4) is 0 Å². The van der Waals surface area contributed by atoms with Gasteiger partial charge in [0.2, 0.25) is 0 Å². The summed E-state index contributed by atoms with van der Waals surface area (Å²) in [6, 6.07) is 0. The van der Waals surface area contributed by atoms with Crippen molar-refractivity contribution in [2.24, 2.45) is 10.9 Å². The Balaban J connectivity index is 1.63. The van der Waals surface area contributed by atoms with Gasteiger partial charge in [0.05, 0.1) is 25.9 Å². The van der Waals surface area contributed by atoms with Crippen molar-refractivity contribution in [2.75, 3.05) is 59.7 Å². The molecule has 0 aromatic heterocycles. The minimum absolute atomic E-state index is 0.296. The molecule has 1 unspecified atom stereocenters. The van der Waals surface area contributed by atoms with Crippen LogP contribution in [0, 0.1) is 5.92 Å². The Hall–Kier alpha value is -0.850. The first-order chi connectivity index (χ1) is 11.8. The van der Waals surface area contributed by atoms with E-state index in [0.29, 0.717) is 25.9 Å². The lowest BCUT2D eigenvalue weighted by molar-refractivity contribution is 0.0199. The highest BCUT2D eigenvalue weighted by Crippen LogP contribution is 2.18. The molecule has 0 bridgehead atoms. The monoisotopic (exact) mass is 341 g/mol. The molecular formula is C18H35N3O3. The van der Waals surface area contributed by atoms with E-state index in [4.69, 9.17) is 14.2 Å². The van der Waals surface area contributed by atoms with Crippen LogP contribution in [0.2, 0.25) is 0 Å². The van der Waals surface area contributed by atoms with Gasteiger partial charge < -0.3 is 24.4 Å². The molecule has 2 aliphatic heterocycles. The second kappa shape index (κ2) is 11.7. The summed E-state index contributed by atoms with van der Waals surface area (Å²) < 4.78 is 16.7. The van der Waals surface area contributed by atoms with Gasteiger partial charge in [-0.25, -0.2) is 0 Å². The Morgan fingerprint density at radius 2 is 2.08 bits per heavy atom. The van der Waals surface area contributed by atoms with Crippen molar-refractivity contribution in [3.05, 3.63) is 0 Å². The Labute approximate surface area is 146 Å². The maximum atomic E-state index is 5.69. The van der Waals surface area contributed by atoms with Crippen molar-refractivity contribution < 1.29 is 14.2 Å². The number of nitrogens with one attached hydrogen (secondary N) is 1. The van der Waals surface area contributed by atoms with Crippen LogP contribution in [0.1, 0.15) is 39.0 Å². The zero-order chi connectivity index (χ0) is 17.0. The van der Waals surface area contributed by atoms with Gasteiger partial charge in [0.25, 0.3) is 0 Å². The van der Waals surface area contributed by atoms with Crippen LogP contribution in [-0.2, 0) is 14.2 Å². The molecule has 0 aliphatic carbocycles. The van der Waals surface area contributed by atoms with Gasteiger partial charge in [0.1, 0.15) is 0 Å². The second-order valence-corrected chi connectivity index (χ2v) is 6.71. The van der Waals surface area contributed by atoms with Crippen molar-refractivity contribution in [1.82, 2.24) is 10.2 Å². The maximum Gasteiger partial charge on any atom is 0.193 e. The van der Waals surface area contributed by atoms with Crippen molar-refractivity contribution in [3.63, 3.8) is 0 Å². The van der Waals surface area contributed by atoms with E-state index in [1.54, 1.807) is 0 Å². The summed E-state index contributed by atoms with van der Waals surface area (Å²) in [5.41, 5.74) is 0. The molecule has 6 nitrogen and oxygen atoms in total. The Kier molecular flexibility index (Phi) is 9.46. The normalized spacial score (nSPS) is 22.8. The predicted octanol–water partition coefficient (Wildman–Crippen LogP) is 1.90. The summed E-state index contributed by atoms with van der Waals surface area (Å²) in [6.45, 7) is 8.80. The molecule has 24 heavy (non-hydrogen) atoms. The highest BCUT2D eigenvalue weighted by atomic mass is 16.5. The van der Waals surface area contributed by atoms with Gasteiger partial charge in [-0.15, -0.1) is 0 Å². The Morgan fingerprint density at radius 1 is 1.25 bits per heavy atom. The fraction of sp³-hybridized carbons (Fsp3) is 0.944. The lowest BCUT2D eigenvalue weighted by atomic mass is 9.96. The number of nitrogens with zero attached hydrogens (tertiary/aromatic N) is 2. The van der Waals surface area contributed by atoms with E-state index >= 15 is 0 Å². The van der Waals surface area contributed by atoms with Crippen LogP contribution in [0.15, 0.2) is 4.99 Å². The molecule has 2 aliphatic rings. The molecule has 140 valence electrons. The third-order valence-electron chi connectivity index (χ3n) is 4.74. The fourth-order valence-electron chi connectivity index (χ4n) is 3.19. The smallest absolute Gasteiger partial charge is 0.193 e. The zero-order valence-corrected chi connectivity index (χ0v) is 15.5. The number of hydrogen-bond donors (Lipinski definition) is 1. The largest absolute Gasteiger partial charge is 0.381 e. The Bertz CT molecular complexity index is 353. The lowest BCUT2D eigenvalue weighted by Crippen LogP contribution is -2.40. The summed E-state index contributed by atoms with van der Waals surface area (Å²) in [7, 11) is 2.12. The molecule has 0 amide bonds. The second-order valence-electron chi connectivity index (χ2n) is 6.71. The van der Waals surface area contributed by atoms with Gasteiger partial charge in [-0.05, 0) is 44.9 Å². The number of rotatable bonds is 9. The van der Waals surface area contributed by atoms with Crippen LogP contribution in [-0.4, -0.2) is 76.7 Å². The van der Waals surface area contributed by atoms with Crippen LogP contribution in [0.5, 0.6) is 0 Å². The lowest BCUT2D eigenvalue weighted by Gasteiger charge is -2.26. The standard InChI is InChI=1S/C18H35N3O3/c1-3-19-18(20-9-14-23-15-17-5-4-11-24-17)21(2)10-6-16-7-12-22-13-8-16/h16-17H,3-15H2,1-2H3,(H,19,20). The summed E-state index contributed by atoms with van der Waals surface area (Å²) in [5.74, 6) is 1.77. The van der Waals surface area contributed by atoms with Crippen molar-refractivity contribution >= 4 is 5.96 Å². The van der Waals surface area contributed by atoms with Crippen LogP contribution in [0.4, 0.5) is 0 Å². The average Bonchev–Trinajstić information content (AvgIpc) is 3.13. The van der Waals surface area contributed by atoms with E-state index in [0.717, 1.165) is 57.6 Å². The summed E-state index contributed by atoms with van der Waals surface area (Å²) in [6.07, 6.45) is 6.18. The first-order valence-electron chi connectivity index (χ1n) is 9.56. The number of guanidine groups is 1. The molecule has 0 spiro atoms. The first kappa shape index (κ1) is 19.5. The molecule has 1 atom stereocenters. The third kappa shape index (κ3) is 7.36. The highest BCUT2D eigenvalue weighted by Gasteiger charge is 2.16. The van der Waals surface area contributed by atoms with Gasteiger partial charge in [-0.2, -0.15) is 0 Å². The minimum atomic E-state index is 0.296. The van der Waals surface area contributed by atoms with Crippen molar-refractivity contribution in [2.45, 2.75) is 45.1 Å². The molecule has 0 aromatic rings. The summed E-state index contributed by atoms with van der Waals surface area (Å²) >= 11 is 0. The topological polar surface area (TPSA) is 55.3 Å². The SMILES string of the molecule is CCNC(=NCCOCC1CCCO1)N(C)CCC1CCOCC1. The highest BCUT2D eigenvalue weighted by molar-refractivity contribution is 5.79. The quantitative estimate of drug-likeness (QED) is 0.394. The van der Waals surface area contributed by atoms with E-state index in [1.165, 1.54) is 19.3 Å². The van der Waals surface area contributed by atoms with Gasteiger partial charge in [0.15, 0.2) is 5.96 Å². The van der Waals surface area contributed by atoms with Crippen LogP contribution < -0.4 is 5.32 Å². The van der Waals surface area contributed by atoms with E-state index in [-0.39, 0.29) is 0 Å². The van der Waals surface area contributed by atoms with Gasteiger partial charge in [0, 0.05) is 40.0 Å². The zero-order valence-electron chi connectivity index (χ0n) is 15.5. The van der Waals surface area contributed by atoms with E-state index < -0.39 is 0 Å². The number of ether oxygens (including phenoxy) is 3. The molecule has 0 radical (unpaired) electrons. The molecule has 0 aromatic carbocycles. The predicted molar refractivity (Wildman–Crippen MR) is 96.6 cm³/mol. The number of aliphatic imine (C=N–C) groups is 1. The molecular weight excluding hydrogens is 306 g/mol. The van der Waals surface area contributed by atoms with Crippen LogP contribution >= 0.6 is 0 Å². The van der Waals surface area contributed by atoms with E-state index in [1.807, 2.05) is 0 Å². The minimum Gasteiger partial charge on any atom is -0.381 e. The van der Waals surface area contributed by atoms with Crippen molar-refractivity contribution in [1.29, 1.82) is 0 Å². The molecule has 2 heterocycles. The molecule has 1 N–H and O–H groups in total. The first-order valence-corrected chi connectivity index (χ1v) is 9.56. The van der Waals surface area contributed by atoms with Crippen LogP contribution in [0.3, 0.4) is 0 Å². The van der Waals surface area contributed by atoms with Gasteiger partial charge in [-0.1, -0.05) is 0 Å². The molecule has 0 saturated carbocycles. The molecule has 6 heteroatoms.